The summed E-state index contributed by atoms with van der Waals surface area (Å²) in [6.07, 6.45) is 5.59. The summed E-state index contributed by atoms with van der Waals surface area (Å²) in [6.45, 7) is 3.04. The van der Waals surface area contributed by atoms with Crippen LogP contribution in [0.15, 0.2) is 47.5 Å². The van der Waals surface area contributed by atoms with Crippen LogP contribution in [0.3, 0.4) is 0 Å². The molecule has 0 aliphatic heterocycles. The number of halogens is 1. The number of nitrogens with zero attached hydrogens (tertiary/aromatic N) is 7. The molecule has 0 saturated heterocycles. The van der Waals surface area contributed by atoms with Gasteiger partial charge in [0.25, 0.3) is 0 Å². The van der Waals surface area contributed by atoms with Crippen molar-refractivity contribution in [2.24, 2.45) is 13.0 Å². The van der Waals surface area contributed by atoms with Gasteiger partial charge in [-0.3, -0.25) is 14.2 Å². The molecule has 1 saturated carbocycles. The number of aliphatic hydroxyl groups is 1. The second kappa shape index (κ2) is 10.4. The van der Waals surface area contributed by atoms with Crippen LogP contribution in [-0.2, 0) is 20.1 Å². The maximum absolute atomic E-state index is 13.3. The van der Waals surface area contributed by atoms with E-state index in [2.05, 4.69) is 21.4 Å². The van der Waals surface area contributed by atoms with Crippen molar-refractivity contribution < 1.29 is 5.11 Å². The van der Waals surface area contributed by atoms with Crippen LogP contribution in [0.25, 0.3) is 33.3 Å². The highest BCUT2D eigenvalue weighted by atomic mass is 35.5. The van der Waals surface area contributed by atoms with E-state index in [9.17, 15) is 15.2 Å². The molecule has 10 nitrogen and oxygen atoms in total. The lowest BCUT2D eigenvalue weighted by molar-refractivity contribution is 0.183. The number of aryl methyl sites for hydroxylation is 1. The van der Waals surface area contributed by atoms with Gasteiger partial charge in [0.1, 0.15) is 11.9 Å². The van der Waals surface area contributed by atoms with Crippen LogP contribution >= 0.6 is 11.6 Å². The first-order valence-corrected chi connectivity index (χ1v) is 13.8. The minimum Gasteiger partial charge on any atom is -0.391 e. The molecule has 1 fully saturated rings. The molecule has 11 heteroatoms. The standard InChI is InChI=1S/C29H29ClN8O2/c1-3-20(39)13-33-27-24-26(23-11-18(12-31)14-36(23)2)38(35-28(24)37(29(40)34-27)15-17-7-8-17)16-19-9-10-32-25-21(19)5-4-6-22(25)30/h4-6,9-11,14,17,20,39H,3,7-8,13,15-16H2,1-2H3,(H,33,34,40). The Morgan fingerprint density at radius 1 is 1.30 bits per heavy atom. The molecule has 1 aliphatic rings. The van der Waals surface area contributed by atoms with Crippen molar-refractivity contribution in [3.05, 3.63) is 69.4 Å². The fraction of sp³-hybridized carbons (Fsp3) is 0.345. The molecule has 1 aromatic carbocycles. The molecule has 1 unspecified atom stereocenters. The van der Waals surface area contributed by atoms with Gasteiger partial charge < -0.3 is 15.0 Å². The Balaban J connectivity index is 1.62. The van der Waals surface area contributed by atoms with E-state index in [0.717, 1.165) is 35.2 Å². The number of rotatable bonds is 9. The molecule has 0 spiro atoms. The Hall–Kier alpha value is -4.20. The third-order valence-corrected chi connectivity index (χ3v) is 7.79. The molecule has 0 bridgehead atoms. The van der Waals surface area contributed by atoms with Gasteiger partial charge in [-0.25, -0.2) is 4.79 Å². The van der Waals surface area contributed by atoms with Crippen LogP contribution in [0, 0.1) is 17.2 Å². The summed E-state index contributed by atoms with van der Waals surface area (Å²) >= 11 is 6.45. The largest absolute Gasteiger partial charge is 0.391 e. The number of anilines is 1. The normalized spacial score (nSPS) is 14.1. The van der Waals surface area contributed by atoms with E-state index >= 15 is 0 Å². The Labute approximate surface area is 235 Å². The first-order valence-electron chi connectivity index (χ1n) is 13.4. The number of benzene rings is 1. The van der Waals surface area contributed by atoms with Crippen LogP contribution in [0.1, 0.15) is 37.3 Å². The van der Waals surface area contributed by atoms with Crippen molar-refractivity contribution in [1.82, 2.24) is 28.9 Å². The van der Waals surface area contributed by atoms with E-state index in [1.165, 1.54) is 0 Å². The van der Waals surface area contributed by atoms with E-state index in [1.807, 2.05) is 53.6 Å². The molecule has 0 radical (unpaired) electrons. The molecule has 4 aromatic heterocycles. The number of nitriles is 1. The highest BCUT2D eigenvalue weighted by molar-refractivity contribution is 6.35. The van der Waals surface area contributed by atoms with Crippen LogP contribution in [-0.4, -0.2) is 46.6 Å². The molecular formula is C29H29ClN8O2. The molecule has 0 amide bonds. The number of hydrogen-bond acceptors (Lipinski definition) is 7. The van der Waals surface area contributed by atoms with Gasteiger partial charge in [0.05, 0.1) is 45.5 Å². The second-order valence-electron chi connectivity index (χ2n) is 10.4. The lowest BCUT2D eigenvalue weighted by Crippen LogP contribution is -2.27. The van der Waals surface area contributed by atoms with Gasteiger partial charge in [-0.2, -0.15) is 15.3 Å². The maximum atomic E-state index is 13.3. The van der Waals surface area contributed by atoms with Crippen LogP contribution in [0.2, 0.25) is 5.02 Å². The molecule has 204 valence electrons. The van der Waals surface area contributed by atoms with E-state index in [1.54, 1.807) is 17.0 Å². The molecule has 1 atom stereocenters. The summed E-state index contributed by atoms with van der Waals surface area (Å²) < 4.78 is 5.40. The molecule has 2 N–H and O–H groups in total. The Kier molecular flexibility index (Phi) is 6.78. The average Bonchev–Trinajstić information content (AvgIpc) is 3.59. The predicted octanol–water partition coefficient (Wildman–Crippen LogP) is 4.31. The fourth-order valence-corrected chi connectivity index (χ4v) is 5.32. The summed E-state index contributed by atoms with van der Waals surface area (Å²) in [6, 6.07) is 11.7. The minimum atomic E-state index is -0.600. The first-order chi connectivity index (χ1) is 19.4. The first kappa shape index (κ1) is 26.0. The zero-order valence-corrected chi connectivity index (χ0v) is 23.1. The number of aromatic nitrogens is 6. The Morgan fingerprint density at radius 3 is 2.85 bits per heavy atom. The monoisotopic (exact) mass is 556 g/mol. The van der Waals surface area contributed by atoms with Gasteiger partial charge >= 0.3 is 5.69 Å². The van der Waals surface area contributed by atoms with E-state index in [4.69, 9.17) is 16.7 Å². The number of para-hydroxylation sites is 1. The summed E-state index contributed by atoms with van der Waals surface area (Å²) in [7, 11) is 1.88. The van der Waals surface area contributed by atoms with Crippen molar-refractivity contribution in [3.63, 3.8) is 0 Å². The van der Waals surface area contributed by atoms with Gasteiger partial charge in [0.15, 0.2) is 5.65 Å². The molecular weight excluding hydrogens is 528 g/mol. The van der Waals surface area contributed by atoms with Crippen molar-refractivity contribution in [3.8, 4) is 17.5 Å². The predicted molar refractivity (Wildman–Crippen MR) is 154 cm³/mol. The topological polar surface area (TPSA) is 127 Å². The highest BCUT2D eigenvalue weighted by Crippen LogP contribution is 2.36. The summed E-state index contributed by atoms with van der Waals surface area (Å²) in [4.78, 5) is 22.2. The third-order valence-electron chi connectivity index (χ3n) is 7.49. The molecule has 40 heavy (non-hydrogen) atoms. The zero-order valence-electron chi connectivity index (χ0n) is 22.3. The lowest BCUT2D eigenvalue weighted by atomic mass is 10.1. The lowest BCUT2D eigenvalue weighted by Gasteiger charge is -2.14. The molecule has 1 aliphatic carbocycles. The van der Waals surface area contributed by atoms with Gasteiger partial charge in [-0.15, -0.1) is 0 Å². The van der Waals surface area contributed by atoms with E-state index in [0.29, 0.717) is 58.4 Å². The number of aliphatic hydroxyl groups excluding tert-OH is 1. The zero-order chi connectivity index (χ0) is 28.0. The molecule has 6 rings (SSSR count). The number of nitrogens with one attached hydrogen (secondary N) is 1. The highest BCUT2D eigenvalue weighted by Gasteiger charge is 2.28. The van der Waals surface area contributed by atoms with Gasteiger partial charge in [0, 0.05) is 37.9 Å². The smallest absolute Gasteiger partial charge is 0.351 e. The molecule has 5 aromatic rings. The SMILES string of the molecule is CCC(O)CNc1nc(=O)n(CC2CC2)c2nn(Cc3ccnc4c(Cl)cccc34)c(-c3cc(C#N)cn3C)c12. The van der Waals surface area contributed by atoms with Crippen molar-refractivity contribution in [2.75, 3.05) is 11.9 Å². The van der Waals surface area contributed by atoms with Crippen molar-refractivity contribution in [1.29, 1.82) is 5.26 Å². The second-order valence-corrected chi connectivity index (χ2v) is 10.8. The van der Waals surface area contributed by atoms with Gasteiger partial charge in [0.2, 0.25) is 0 Å². The number of hydrogen-bond donors (Lipinski definition) is 2. The van der Waals surface area contributed by atoms with Crippen LogP contribution in [0.4, 0.5) is 5.82 Å². The van der Waals surface area contributed by atoms with Crippen LogP contribution in [0.5, 0.6) is 0 Å². The van der Waals surface area contributed by atoms with Gasteiger partial charge in [-0.1, -0.05) is 30.7 Å². The minimum absolute atomic E-state index is 0.235. The molecule has 4 heterocycles. The van der Waals surface area contributed by atoms with Crippen LogP contribution < -0.4 is 11.0 Å². The van der Waals surface area contributed by atoms with Gasteiger partial charge in [-0.05, 0) is 48.9 Å². The summed E-state index contributed by atoms with van der Waals surface area (Å²) in [5, 5.41) is 30.3. The quantitative estimate of drug-likeness (QED) is 0.277. The third kappa shape index (κ3) is 4.72. The fourth-order valence-electron chi connectivity index (χ4n) is 5.10. The Morgan fingerprint density at radius 2 is 2.12 bits per heavy atom. The average molecular weight is 557 g/mol. The van der Waals surface area contributed by atoms with E-state index in [-0.39, 0.29) is 12.2 Å². The maximum Gasteiger partial charge on any atom is 0.351 e. The van der Waals surface area contributed by atoms with Crippen molar-refractivity contribution in [2.45, 2.75) is 45.4 Å². The Bertz CT molecular complexity index is 1840. The number of pyridine rings is 1. The number of fused-ring (bicyclic) bond motifs is 2. The van der Waals surface area contributed by atoms with E-state index < -0.39 is 6.10 Å². The summed E-state index contributed by atoms with van der Waals surface area (Å²) in [5.41, 5.74) is 3.78. The summed E-state index contributed by atoms with van der Waals surface area (Å²) in [5.74, 6) is 0.784. The van der Waals surface area contributed by atoms with Crippen molar-refractivity contribution >= 4 is 39.4 Å².